The lowest BCUT2D eigenvalue weighted by Crippen LogP contribution is -2.26. The first-order valence-electron chi connectivity index (χ1n) is 14.4. The van der Waals surface area contributed by atoms with Gasteiger partial charge in [0.25, 0.3) is 5.91 Å². The van der Waals surface area contributed by atoms with E-state index in [2.05, 4.69) is 53.7 Å². The third kappa shape index (κ3) is 7.02. The van der Waals surface area contributed by atoms with Crippen molar-refractivity contribution in [3.63, 3.8) is 0 Å². The average Bonchev–Trinajstić information content (AvgIpc) is 3.85. The van der Waals surface area contributed by atoms with Gasteiger partial charge in [-0.2, -0.15) is 0 Å². The highest BCUT2D eigenvalue weighted by atomic mass is 19.1. The number of aromatic nitrogens is 1. The zero-order valence-corrected chi connectivity index (χ0v) is 24.7. The van der Waals surface area contributed by atoms with E-state index in [0.717, 1.165) is 57.7 Å². The molecule has 0 unspecified atom stereocenters. The van der Waals surface area contributed by atoms with Crippen LogP contribution in [0.15, 0.2) is 66.9 Å². The number of amides is 1. The summed E-state index contributed by atoms with van der Waals surface area (Å²) >= 11 is 0. The van der Waals surface area contributed by atoms with Crippen LogP contribution in [0.2, 0.25) is 0 Å². The highest BCUT2D eigenvalue weighted by Crippen LogP contribution is 2.45. The van der Waals surface area contributed by atoms with E-state index in [1.165, 1.54) is 11.1 Å². The molecule has 1 aliphatic carbocycles. The maximum Gasteiger partial charge on any atom is 0.305 e. The van der Waals surface area contributed by atoms with Crippen molar-refractivity contribution < 1.29 is 23.8 Å². The maximum atomic E-state index is 14.0. The van der Waals surface area contributed by atoms with Crippen LogP contribution in [0.25, 0.3) is 22.3 Å². The van der Waals surface area contributed by atoms with Crippen LogP contribution < -0.4 is 15.4 Å². The summed E-state index contributed by atoms with van der Waals surface area (Å²) in [5.74, 6) is -0.270. The van der Waals surface area contributed by atoms with E-state index < -0.39 is 18.6 Å². The lowest BCUT2D eigenvalue weighted by Gasteiger charge is -2.19. The van der Waals surface area contributed by atoms with Crippen molar-refractivity contribution in [1.29, 1.82) is 0 Å². The zero-order valence-electron chi connectivity index (χ0n) is 24.7. The van der Waals surface area contributed by atoms with Gasteiger partial charge in [-0.25, -0.2) is 4.39 Å². The smallest absolute Gasteiger partial charge is 0.305 e. The molecule has 222 valence electrons. The minimum atomic E-state index is -0.986. The first-order valence-corrected chi connectivity index (χ1v) is 14.4. The minimum Gasteiger partial charge on any atom is -0.496 e. The number of benzene rings is 3. The number of aliphatic carboxylic acids is 1. The van der Waals surface area contributed by atoms with Gasteiger partial charge in [-0.05, 0) is 90.3 Å². The molecule has 3 aromatic carbocycles. The molecular weight excluding hydrogens is 545 g/mol. The highest BCUT2D eigenvalue weighted by Gasteiger charge is 2.28. The summed E-state index contributed by atoms with van der Waals surface area (Å²) in [6.07, 6.45) is 3.58. The van der Waals surface area contributed by atoms with Gasteiger partial charge in [-0.15, -0.1) is 0 Å². The van der Waals surface area contributed by atoms with Gasteiger partial charge in [0.2, 0.25) is 0 Å². The summed E-state index contributed by atoms with van der Waals surface area (Å²) in [5, 5.41) is 14.9. The summed E-state index contributed by atoms with van der Waals surface area (Å²) < 4.78 is 19.8. The summed E-state index contributed by atoms with van der Waals surface area (Å²) in [5.41, 5.74) is 10.1. The summed E-state index contributed by atoms with van der Waals surface area (Å²) in [7, 11) is 1.67. The van der Waals surface area contributed by atoms with E-state index in [1.807, 2.05) is 24.3 Å². The van der Waals surface area contributed by atoms with Crippen LogP contribution >= 0.6 is 0 Å². The maximum absolute atomic E-state index is 14.0. The Morgan fingerprint density at radius 2 is 1.79 bits per heavy atom. The second-order valence-corrected chi connectivity index (χ2v) is 11.0. The number of nitrogens with zero attached hydrogens (tertiary/aromatic N) is 1. The monoisotopic (exact) mass is 581 g/mol. The molecule has 0 saturated heterocycles. The van der Waals surface area contributed by atoms with Crippen LogP contribution in [0.1, 0.15) is 63.5 Å². The molecule has 0 bridgehead atoms. The molecule has 1 aliphatic rings. The van der Waals surface area contributed by atoms with Crippen molar-refractivity contribution in [3.05, 3.63) is 100 Å². The number of ether oxygens (including phenoxy) is 1. The molecule has 4 aromatic rings. The second kappa shape index (κ2) is 13.1. The largest absolute Gasteiger partial charge is 0.496 e. The van der Waals surface area contributed by atoms with Crippen molar-refractivity contribution in [2.24, 2.45) is 0 Å². The van der Waals surface area contributed by atoms with Crippen molar-refractivity contribution in [2.45, 2.75) is 52.2 Å². The molecule has 0 radical (unpaired) electrons. The van der Waals surface area contributed by atoms with Crippen LogP contribution in [0.3, 0.4) is 0 Å². The van der Waals surface area contributed by atoms with Crippen LogP contribution in [0, 0.1) is 13.8 Å². The Labute approximate surface area is 251 Å². The predicted octanol–water partition coefficient (Wildman–Crippen LogP) is 7.20. The summed E-state index contributed by atoms with van der Waals surface area (Å²) in [6, 6.07) is 19.7. The summed E-state index contributed by atoms with van der Waals surface area (Å²) in [4.78, 5) is 27.5. The number of nitrogens with one attached hydrogen (secondary N) is 2. The molecule has 0 spiro atoms. The lowest BCUT2D eigenvalue weighted by atomic mass is 9.91. The van der Waals surface area contributed by atoms with Gasteiger partial charge >= 0.3 is 5.97 Å². The number of halogens is 1. The van der Waals surface area contributed by atoms with E-state index in [9.17, 15) is 14.0 Å². The molecule has 8 heteroatoms. The normalized spacial score (nSPS) is 12.6. The Morgan fingerprint density at radius 3 is 2.44 bits per heavy atom. The van der Waals surface area contributed by atoms with Crippen molar-refractivity contribution >= 4 is 17.6 Å². The van der Waals surface area contributed by atoms with Crippen molar-refractivity contribution in [1.82, 2.24) is 10.3 Å². The number of aryl methyl sites for hydroxylation is 2. The molecule has 5 rings (SSSR count). The van der Waals surface area contributed by atoms with Crippen molar-refractivity contribution in [2.75, 3.05) is 19.0 Å². The van der Waals surface area contributed by atoms with Gasteiger partial charge in [-0.3, -0.25) is 14.6 Å². The van der Waals surface area contributed by atoms with Crippen molar-refractivity contribution in [3.8, 4) is 28.0 Å². The van der Waals surface area contributed by atoms with E-state index in [4.69, 9.17) is 9.84 Å². The second-order valence-electron chi connectivity index (χ2n) is 11.0. The topological polar surface area (TPSA) is 101 Å². The van der Waals surface area contributed by atoms with Gasteiger partial charge in [0, 0.05) is 42.2 Å². The van der Waals surface area contributed by atoms with E-state index >= 15 is 0 Å². The number of methoxy groups -OCH3 is 1. The molecule has 43 heavy (non-hydrogen) atoms. The fraction of sp³-hybridized carbons (Fsp3) is 0.286. The number of hydrogen-bond acceptors (Lipinski definition) is 5. The van der Waals surface area contributed by atoms with Crippen LogP contribution in [-0.2, 0) is 18.0 Å². The average molecular weight is 582 g/mol. The van der Waals surface area contributed by atoms with Crippen LogP contribution in [0.5, 0.6) is 5.75 Å². The Morgan fingerprint density at radius 1 is 1.00 bits per heavy atom. The summed E-state index contributed by atoms with van der Waals surface area (Å²) in [6.45, 7) is 4.14. The van der Waals surface area contributed by atoms with E-state index in [1.54, 1.807) is 25.4 Å². The zero-order chi connectivity index (χ0) is 30.5. The molecule has 0 atom stereocenters. The number of anilines is 1. The fourth-order valence-electron chi connectivity index (χ4n) is 5.44. The van der Waals surface area contributed by atoms with Gasteiger partial charge in [0.15, 0.2) is 0 Å². The third-order valence-electron chi connectivity index (χ3n) is 7.79. The lowest BCUT2D eigenvalue weighted by molar-refractivity contribution is -0.136. The molecule has 0 aliphatic heterocycles. The molecule has 1 heterocycles. The van der Waals surface area contributed by atoms with E-state index in [-0.39, 0.29) is 18.7 Å². The number of pyridine rings is 1. The molecule has 1 amide bonds. The standard InChI is InChI=1S/C35H36FN3O4/c1-21-4-9-27(22(2)14-21)28-10-8-26(17-33(28)43-3)38-20-31-29(24-5-6-24)15-23(18-36)16-30(31)25-7-11-32(39-19-25)35(42)37-13-12-34(40)41/h4,7-11,14-17,19,24,38H,5-6,12-13,18,20H2,1-3H3,(H,37,42)(H,40,41). The van der Waals surface area contributed by atoms with E-state index in [0.29, 0.717) is 18.0 Å². The number of carbonyl (C=O) groups is 2. The number of carboxylic acids is 1. The van der Waals surface area contributed by atoms with Gasteiger partial charge in [0.1, 0.15) is 18.1 Å². The Kier molecular flexibility index (Phi) is 9.04. The number of carbonyl (C=O) groups excluding carboxylic acids is 1. The first-order chi connectivity index (χ1) is 20.8. The Hall–Kier alpha value is -4.72. The Balaban J connectivity index is 1.43. The fourth-order valence-corrected chi connectivity index (χ4v) is 5.44. The molecular formula is C35H36FN3O4. The molecule has 3 N–H and O–H groups in total. The predicted molar refractivity (Wildman–Crippen MR) is 166 cm³/mol. The first kappa shape index (κ1) is 29.8. The molecule has 1 saturated carbocycles. The number of rotatable bonds is 12. The number of hydrogen-bond donors (Lipinski definition) is 3. The van der Waals surface area contributed by atoms with Gasteiger partial charge in [-0.1, -0.05) is 35.9 Å². The minimum absolute atomic E-state index is 0.0209. The third-order valence-corrected chi connectivity index (χ3v) is 7.79. The van der Waals surface area contributed by atoms with Crippen LogP contribution in [0.4, 0.5) is 10.1 Å². The highest BCUT2D eigenvalue weighted by molar-refractivity contribution is 5.92. The Bertz CT molecular complexity index is 1650. The molecule has 7 nitrogen and oxygen atoms in total. The molecule has 1 aromatic heterocycles. The van der Waals surface area contributed by atoms with Crippen LogP contribution in [-0.4, -0.2) is 35.6 Å². The number of carboxylic acid groups (broad SMARTS) is 1. The number of alkyl halides is 1. The van der Waals surface area contributed by atoms with Gasteiger partial charge < -0.3 is 20.5 Å². The molecule has 1 fully saturated rings. The SMILES string of the molecule is COc1cc(NCc2c(-c3ccc(C(=O)NCCC(=O)O)nc3)cc(CF)cc2C2CC2)ccc1-c1ccc(C)cc1C. The van der Waals surface area contributed by atoms with Gasteiger partial charge in [0.05, 0.1) is 13.5 Å². The quantitative estimate of drug-likeness (QED) is 0.164.